The number of ether oxygens (including phenoxy) is 1. The fourth-order valence-electron chi connectivity index (χ4n) is 3.69. The molecule has 2 unspecified atom stereocenters. The van der Waals surface area contributed by atoms with Crippen LogP contribution in [0.1, 0.15) is 31.7 Å². The summed E-state index contributed by atoms with van der Waals surface area (Å²) in [4.78, 5) is 14.1. The first-order chi connectivity index (χ1) is 10.8. The molecule has 2 aliphatic heterocycles. The van der Waals surface area contributed by atoms with Crippen molar-refractivity contribution in [3.05, 3.63) is 41.3 Å². The minimum Gasteiger partial charge on any atom is -0.450 e. The Balaban J connectivity index is 1.64. The van der Waals surface area contributed by atoms with Gasteiger partial charge in [-0.05, 0) is 66.3 Å². The Hall–Kier alpha value is -1.81. The molecule has 0 radical (unpaired) electrons. The van der Waals surface area contributed by atoms with E-state index in [-0.39, 0.29) is 12.1 Å². The molecule has 0 aliphatic carbocycles. The van der Waals surface area contributed by atoms with Crippen molar-refractivity contribution in [2.75, 3.05) is 6.61 Å². The van der Waals surface area contributed by atoms with Crippen molar-refractivity contribution in [1.29, 1.82) is 0 Å². The molecule has 1 aromatic heterocycles. The number of rotatable bonds is 2. The highest BCUT2D eigenvalue weighted by molar-refractivity contribution is 7.17. The first-order valence-corrected chi connectivity index (χ1v) is 8.77. The topological polar surface area (TPSA) is 29.5 Å². The van der Waals surface area contributed by atoms with Crippen molar-refractivity contribution in [2.45, 2.75) is 38.3 Å². The summed E-state index contributed by atoms with van der Waals surface area (Å²) >= 11 is 1.78. The SMILES string of the molecule is CCOC(=O)N1C2C=C(c3ccc4sccc4c3)CC1CC2. The molecule has 1 aromatic carbocycles. The third-order valence-corrected chi connectivity index (χ3v) is 5.60. The highest BCUT2D eigenvalue weighted by Gasteiger charge is 2.40. The van der Waals surface area contributed by atoms with Gasteiger partial charge in [-0.15, -0.1) is 11.3 Å². The molecule has 2 atom stereocenters. The molecule has 3 nitrogen and oxygen atoms in total. The van der Waals surface area contributed by atoms with Gasteiger partial charge < -0.3 is 4.74 Å². The number of fused-ring (bicyclic) bond motifs is 3. The van der Waals surface area contributed by atoms with Gasteiger partial charge in [-0.3, -0.25) is 4.90 Å². The molecular weight excluding hydrogens is 294 g/mol. The number of thiophene rings is 1. The second-order valence-corrected chi connectivity index (χ2v) is 6.92. The molecule has 1 fully saturated rings. The second kappa shape index (κ2) is 5.43. The van der Waals surface area contributed by atoms with Crippen molar-refractivity contribution in [3.63, 3.8) is 0 Å². The minimum atomic E-state index is -0.154. The van der Waals surface area contributed by atoms with Crippen LogP contribution in [0, 0.1) is 0 Å². The molecular formula is C18H19NO2S. The number of hydrogen-bond acceptors (Lipinski definition) is 3. The van der Waals surface area contributed by atoms with Gasteiger partial charge in [0.25, 0.3) is 0 Å². The summed E-state index contributed by atoms with van der Waals surface area (Å²) < 4.78 is 6.54. The van der Waals surface area contributed by atoms with E-state index < -0.39 is 0 Å². The van der Waals surface area contributed by atoms with Gasteiger partial charge in [0.1, 0.15) is 0 Å². The Morgan fingerprint density at radius 3 is 3.09 bits per heavy atom. The maximum atomic E-state index is 12.1. The van der Waals surface area contributed by atoms with Crippen LogP contribution in [-0.2, 0) is 4.74 Å². The van der Waals surface area contributed by atoms with Gasteiger partial charge in [0.15, 0.2) is 0 Å². The van der Waals surface area contributed by atoms with E-state index in [1.807, 2.05) is 11.8 Å². The maximum Gasteiger partial charge on any atom is 0.410 e. The van der Waals surface area contributed by atoms with E-state index in [9.17, 15) is 4.79 Å². The molecule has 4 rings (SSSR count). The Bertz CT molecular complexity index is 748. The van der Waals surface area contributed by atoms with Crippen LogP contribution in [-0.4, -0.2) is 29.7 Å². The zero-order valence-electron chi connectivity index (χ0n) is 12.6. The van der Waals surface area contributed by atoms with E-state index in [1.165, 1.54) is 21.2 Å². The molecule has 1 saturated heterocycles. The number of carbonyl (C=O) groups excluding carboxylic acids is 1. The third-order valence-electron chi connectivity index (χ3n) is 4.70. The van der Waals surface area contributed by atoms with Crippen LogP contribution in [0.4, 0.5) is 4.79 Å². The zero-order valence-corrected chi connectivity index (χ0v) is 13.4. The fraction of sp³-hybridized carbons (Fsp3) is 0.389. The van der Waals surface area contributed by atoms with Crippen molar-refractivity contribution in [2.24, 2.45) is 0 Å². The first kappa shape index (κ1) is 13.8. The van der Waals surface area contributed by atoms with Crippen molar-refractivity contribution >= 4 is 33.1 Å². The summed E-state index contributed by atoms with van der Waals surface area (Å²) in [6.07, 6.45) is 5.18. The van der Waals surface area contributed by atoms with Gasteiger partial charge in [-0.25, -0.2) is 4.79 Å². The number of benzene rings is 1. The summed E-state index contributed by atoms with van der Waals surface area (Å²) in [6.45, 7) is 2.31. The second-order valence-electron chi connectivity index (χ2n) is 5.97. The first-order valence-electron chi connectivity index (χ1n) is 7.89. The van der Waals surface area contributed by atoms with Crippen LogP contribution in [0.3, 0.4) is 0 Å². The van der Waals surface area contributed by atoms with Crippen molar-refractivity contribution in [3.8, 4) is 0 Å². The van der Waals surface area contributed by atoms with Crippen molar-refractivity contribution < 1.29 is 9.53 Å². The van der Waals surface area contributed by atoms with E-state index in [2.05, 4.69) is 35.7 Å². The average Bonchev–Trinajstić information content (AvgIpc) is 3.09. The molecule has 0 saturated carbocycles. The monoisotopic (exact) mass is 313 g/mol. The van der Waals surface area contributed by atoms with Crippen LogP contribution in [0.25, 0.3) is 15.7 Å². The molecule has 3 heterocycles. The molecule has 4 heteroatoms. The number of hydrogen-bond donors (Lipinski definition) is 0. The molecule has 0 spiro atoms. The summed E-state index contributed by atoms with van der Waals surface area (Å²) in [5, 5.41) is 3.44. The van der Waals surface area contributed by atoms with Gasteiger partial charge in [0, 0.05) is 10.7 Å². The van der Waals surface area contributed by atoms with Gasteiger partial charge in [0.2, 0.25) is 0 Å². The predicted octanol–water partition coefficient (Wildman–Crippen LogP) is 4.68. The fourth-order valence-corrected chi connectivity index (χ4v) is 4.46. The van der Waals surface area contributed by atoms with Crippen LogP contribution in [0.5, 0.6) is 0 Å². The average molecular weight is 313 g/mol. The zero-order chi connectivity index (χ0) is 15.1. The van der Waals surface area contributed by atoms with Gasteiger partial charge in [-0.1, -0.05) is 12.1 Å². The molecule has 114 valence electrons. The molecule has 2 bridgehead atoms. The normalized spacial score (nSPS) is 23.7. The highest BCUT2D eigenvalue weighted by Crippen LogP contribution is 2.39. The van der Waals surface area contributed by atoms with E-state index in [1.54, 1.807) is 11.3 Å². The van der Waals surface area contributed by atoms with E-state index in [0.29, 0.717) is 12.6 Å². The lowest BCUT2D eigenvalue weighted by atomic mass is 9.94. The molecule has 2 aliphatic rings. The molecule has 2 aromatic rings. The van der Waals surface area contributed by atoms with Gasteiger partial charge in [0.05, 0.1) is 12.6 Å². The minimum absolute atomic E-state index is 0.154. The van der Waals surface area contributed by atoms with Gasteiger partial charge in [-0.2, -0.15) is 0 Å². The van der Waals surface area contributed by atoms with E-state index in [4.69, 9.17) is 4.74 Å². The molecule has 0 N–H and O–H groups in total. The predicted molar refractivity (Wildman–Crippen MR) is 90.1 cm³/mol. The Labute approximate surface area is 134 Å². The summed E-state index contributed by atoms with van der Waals surface area (Å²) in [5.74, 6) is 0. The lowest BCUT2D eigenvalue weighted by molar-refractivity contribution is 0.0933. The summed E-state index contributed by atoms with van der Waals surface area (Å²) in [5.41, 5.74) is 2.67. The van der Waals surface area contributed by atoms with Crippen LogP contribution in [0.15, 0.2) is 35.7 Å². The Morgan fingerprint density at radius 1 is 1.36 bits per heavy atom. The van der Waals surface area contributed by atoms with Gasteiger partial charge >= 0.3 is 6.09 Å². The quantitative estimate of drug-likeness (QED) is 0.806. The standard InChI is InChI=1S/C18H19NO2S/c1-2-21-18(20)19-15-4-5-16(19)11-14(10-15)12-3-6-17-13(9-12)7-8-22-17/h3,6-10,15-16H,2,4-5,11H2,1H3. The van der Waals surface area contributed by atoms with Crippen molar-refractivity contribution in [1.82, 2.24) is 4.90 Å². The van der Waals surface area contributed by atoms with Crippen LogP contribution in [0.2, 0.25) is 0 Å². The Morgan fingerprint density at radius 2 is 2.27 bits per heavy atom. The number of amides is 1. The Kier molecular flexibility index (Phi) is 3.41. The maximum absolute atomic E-state index is 12.1. The van der Waals surface area contributed by atoms with E-state index in [0.717, 1.165) is 19.3 Å². The third kappa shape index (κ3) is 2.22. The van der Waals surface area contributed by atoms with Crippen LogP contribution < -0.4 is 0 Å². The molecule has 22 heavy (non-hydrogen) atoms. The van der Waals surface area contributed by atoms with Crippen LogP contribution >= 0.6 is 11.3 Å². The highest BCUT2D eigenvalue weighted by atomic mass is 32.1. The smallest absolute Gasteiger partial charge is 0.410 e. The lowest BCUT2D eigenvalue weighted by Crippen LogP contribution is -2.43. The summed E-state index contributed by atoms with van der Waals surface area (Å²) in [7, 11) is 0. The largest absolute Gasteiger partial charge is 0.450 e. The van der Waals surface area contributed by atoms with E-state index >= 15 is 0 Å². The number of carbonyl (C=O) groups is 1. The number of nitrogens with zero attached hydrogens (tertiary/aromatic N) is 1. The summed E-state index contributed by atoms with van der Waals surface area (Å²) in [6, 6.07) is 9.36. The molecule has 1 amide bonds. The lowest BCUT2D eigenvalue weighted by Gasteiger charge is -2.33.